The molecule has 0 spiro atoms. The van der Waals surface area contributed by atoms with E-state index in [1.165, 1.54) is 7.11 Å². The number of ether oxygens (including phenoxy) is 3. The average molecular weight is 648 g/mol. The van der Waals surface area contributed by atoms with Gasteiger partial charge < -0.3 is 24.8 Å². The van der Waals surface area contributed by atoms with E-state index < -0.39 is 61.9 Å². The fourth-order valence-corrected chi connectivity index (χ4v) is 5.78. The second kappa shape index (κ2) is 16.3. The van der Waals surface area contributed by atoms with Gasteiger partial charge in [0.15, 0.2) is 11.2 Å². The standard InChI is InChI=1S/C27H39N2O12PS/c1-26(2,3)24(33)43-15-19(23(32)37-14-18-10-8-7-9-11-18)29-25(34)38-17-40-42(35)39-16-27(4,5)21(41-42)22(31)28-13-12-20(30)36-6/h7-11,19,21,35H,12-17H2,1-6H3,(H-,28,29,31,34)/p+1/t19-,21-,42?/m0/s1. The zero-order valence-corrected chi connectivity index (χ0v) is 26.8. The normalized spacial score (nSPS) is 20.3. The van der Waals surface area contributed by atoms with Crippen molar-refractivity contribution in [3.8, 4) is 0 Å². The Morgan fingerprint density at radius 2 is 1.81 bits per heavy atom. The monoisotopic (exact) mass is 647 g/mol. The van der Waals surface area contributed by atoms with Crippen molar-refractivity contribution >= 4 is 49.0 Å². The molecule has 1 heterocycles. The lowest BCUT2D eigenvalue weighted by Crippen LogP contribution is -2.50. The zero-order valence-electron chi connectivity index (χ0n) is 25.1. The van der Waals surface area contributed by atoms with Crippen LogP contribution in [0.3, 0.4) is 0 Å². The number of benzene rings is 1. The van der Waals surface area contributed by atoms with Gasteiger partial charge in [0.2, 0.25) is 6.79 Å². The Balaban J connectivity index is 1.94. The van der Waals surface area contributed by atoms with Crippen molar-refractivity contribution in [2.45, 2.75) is 59.8 Å². The molecule has 2 rings (SSSR count). The van der Waals surface area contributed by atoms with Gasteiger partial charge in [-0.2, -0.15) is 9.42 Å². The number of hydrogen-bond donors (Lipinski definition) is 3. The summed E-state index contributed by atoms with van der Waals surface area (Å²) in [6.45, 7) is 7.47. The number of esters is 2. The summed E-state index contributed by atoms with van der Waals surface area (Å²) in [5.41, 5.74) is -0.827. The molecule has 1 aliphatic rings. The van der Waals surface area contributed by atoms with Crippen LogP contribution in [-0.2, 0) is 53.6 Å². The summed E-state index contributed by atoms with van der Waals surface area (Å²) in [5.74, 6) is -2.03. The maximum Gasteiger partial charge on any atom is 0.576 e. The third-order valence-electron chi connectivity index (χ3n) is 5.84. The summed E-state index contributed by atoms with van der Waals surface area (Å²) >= 11 is 0.861. The van der Waals surface area contributed by atoms with Crippen LogP contribution in [0.2, 0.25) is 0 Å². The Kier molecular flexibility index (Phi) is 13.8. The predicted octanol–water partition coefficient (Wildman–Crippen LogP) is 2.90. The van der Waals surface area contributed by atoms with Crippen molar-refractivity contribution in [1.29, 1.82) is 0 Å². The van der Waals surface area contributed by atoms with Gasteiger partial charge in [0.1, 0.15) is 19.3 Å². The van der Waals surface area contributed by atoms with Crippen LogP contribution in [0.25, 0.3) is 0 Å². The van der Waals surface area contributed by atoms with E-state index >= 15 is 0 Å². The van der Waals surface area contributed by atoms with Gasteiger partial charge in [-0.05, 0) is 5.56 Å². The molecule has 0 radical (unpaired) electrons. The van der Waals surface area contributed by atoms with Crippen LogP contribution in [0.15, 0.2) is 30.3 Å². The van der Waals surface area contributed by atoms with E-state index in [-0.39, 0.29) is 37.0 Å². The molecule has 1 fully saturated rings. The van der Waals surface area contributed by atoms with Gasteiger partial charge in [-0.25, -0.2) is 9.59 Å². The highest BCUT2D eigenvalue weighted by Crippen LogP contribution is 2.63. The lowest BCUT2D eigenvalue weighted by molar-refractivity contribution is -0.147. The number of hydrogen-bond acceptors (Lipinski definition) is 13. The first-order valence-electron chi connectivity index (χ1n) is 13.3. The Hall–Kier alpha value is -2.81. The molecule has 240 valence electrons. The zero-order chi connectivity index (χ0) is 32.3. The summed E-state index contributed by atoms with van der Waals surface area (Å²) in [4.78, 5) is 72.4. The first-order chi connectivity index (χ1) is 20.1. The minimum atomic E-state index is -4.11. The van der Waals surface area contributed by atoms with Gasteiger partial charge >= 0.3 is 26.2 Å². The number of amides is 2. The van der Waals surface area contributed by atoms with Gasteiger partial charge in [-0.1, -0.05) is 76.7 Å². The Morgan fingerprint density at radius 3 is 2.44 bits per heavy atom. The molecule has 3 N–H and O–H groups in total. The van der Waals surface area contributed by atoms with Crippen molar-refractivity contribution in [2.75, 3.05) is 32.8 Å². The van der Waals surface area contributed by atoms with Crippen LogP contribution in [0.5, 0.6) is 0 Å². The molecule has 1 aliphatic heterocycles. The van der Waals surface area contributed by atoms with Crippen molar-refractivity contribution < 1.29 is 56.6 Å². The molecule has 1 aromatic carbocycles. The highest BCUT2D eigenvalue weighted by molar-refractivity contribution is 8.13. The van der Waals surface area contributed by atoms with E-state index in [1.54, 1.807) is 58.9 Å². The molecule has 0 aromatic heterocycles. The van der Waals surface area contributed by atoms with Crippen molar-refractivity contribution in [1.82, 2.24) is 10.6 Å². The Bertz CT molecular complexity index is 1130. The highest BCUT2D eigenvalue weighted by atomic mass is 32.2. The molecule has 43 heavy (non-hydrogen) atoms. The Morgan fingerprint density at radius 1 is 1.14 bits per heavy atom. The number of alkyl carbamates (subject to hydrolysis) is 1. The number of methoxy groups -OCH3 is 1. The van der Waals surface area contributed by atoms with E-state index in [0.717, 1.165) is 17.3 Å². The van der Waals surface area contributed by atoms with E-state index in [2.05, 4.69) is 15.4 Å². The van der Waals surface area contributed by atoms with Crippen molar-refractivity contribution in [3.05, 3.63) is 35.9 Å². The molecule has 3 atom stereocenters. The van der Waals surface area contributed by atoms with E-state index in [1.807, 2.05) is 6.07 Å². The second-order valence-electron chi connectivity index (χ2n) is 11.2. The first-order valence-corrected chi connectivity index (χ1v) is 15.8. The summed E-state index contributed by atoms with van der Waals surface area (Å²) in [7, 11) is -2.88. The predicted molar refractivity (Wildman–Crippen MR) is 156 cm³/mol. The maximum atomic E-state index is 12.8. The van der Waals surface area contributed by atoms with Gasteiger partial charge in [0.25, 0.3) is 5.91 Å². The molecule has 16 heteroatoms. The molecular formula is C27H40N2O12PS+. The van der Waals surface area contributed by atoms with Crippen molar-refractivity contribution in [2.24, 2.45) is 10.8 Å². The van der Waals surface area contributed by atoms with Crippen LogP contribution in [0, 0.1) is 10.8 Å². The molecular weight excluding hydrogens is 607 g/mol. The first kappa shape index (κ1) is 36.4. The van der Waals surface area contributed by atoms with Crippen LogP contribution < -0.4 is 10.6 Å². The summed E-state index contributed by atoms with van der Waals surface area (Å²) in [6, 6.07) is 7.66. The molecule has 0 bridgehead atoms. The number of rotatable bonds is 13. The fourth-order valence-electron chi connectivity index (χ4n) is 3.29. The minimum absolute atomic E-state index is 0.0160. The third-order valence-corrected chi connectivity index (χ3v) is 8.58. The molecule has 1 aromatic rings. The van der Waals surface area contributed by atoms with Crippen LogP contribution in [-0.4, -0.2) is 78.9 Å². The SMILES string of the molecule is COC(=O)CCNC(=O)[C@@H]1O[P+](O)(OCOC(=O)N[C@@H](CSC(=O)C(C)(C)C)C(=O)OCc2ccccc2)OCC1(C)C. The molecule has 0 saturated carbocycles. The van der Waals surface area contributed by atoms with Crippen LogP contribution in [0.1, 0.15) is 46.6 Å². The van der Waals surface area contributed by atoms with Gasteiger partial charge in [0, 0.05) is 23.1 Å². The quantitative estimate of drug-likeness (QED) is 0.123. The number of carbonyl (C=O) groups is 5. The molecule has 2 amide bonds. The minimum Gasteiger partial charge on any atom is -0.469 e. The second-order valence-corrected chi connectivity index (χ2v) is 13.8. The third kappa shape index (κ3) is 12.4. The summed E-state index contributed by atoms with van der Waals surface area (Å²) < 4.78 is 30.8. The molecule has 0 aliphatic carbocycles. The topological polar surface area (TPSA) is 185 Å². The van der Waals surface area contributed by atoms with Crippen LogP contribution >= 0.6 is 19.9 Å². The molecule has 14 nitrogen and oxygen atoms in total. The van der Waals surface area contributed by atoms with E-state index in [9.17, 15) is 28.9 Å². The smallest absolute Gasteiger partial charge is 0.469 e. The fraction of sp³-hybridized carbons (Fsp3) is 0.593. The number of carbonyl (C=O) groups excluding carboxylic acids is 5. The Labute approximate surface area is 255 Å². The summed E-state index contributed by atoms with van der Waals surface area (Å²) in [5, 5.41) is 4.68. The lowest BCUT2D eigenvalue weighted by atomic mass is 9.87. The largest absolute Gasteiger partial charge is 0.576 e. The van der Waals surface area contributed by atoms with Crippen molar-refractivity contribution in [3.63, 3.8) is 0 Å². The average Bonchev–Trinajstić information content (AvgIpc) is 2.95. The summed E-state index contributed by atoms with van der Waals surface area (Å²) in [6.07, 6.45) is -2.38. The molecule has 1 unspecified atom stereocenters. The number of nitrogens with one attached hydrogen (secondary N) is 2. The maximum absolute atomic E-state index is 12.8. The number of thioether (sulfide) groups is 1. The lowest BCUT2D eigenvalue weighted by Gasteiger charge is -2.36. The highest BCUT2D eigenvalue weighted by Gasteiger charge is 2.59. The molecule has 1 saturated heterocycles. The van der Waals surface area contributed by atoms with Gasteiger partial charge in [-0.15, -0.1) is 9.05 Å². The van der Waals surface area contributed by atoms with Crippen LogP contribution in [0.4, 0.5) is 4.79 Å². The van der Waals surface area contributed by atoms with E-state index in [0.29, 0.717) is 0 Å². The van der Waals surface area contributed by atoms with Gasteiger partial charge in [0.05, 0.1) is 13.5 Å². The van der Waals surface area contributed by atoms with Gasteiger partial charge in [-0.3, -0.25) is 14.4 Å². The van der Waals surface area contributed by atoms with E-state index in [4.69, 9.17) is 23.0 Å².